The van der Waals surface area contributed by atoms with E-state index >= 15 is 0 Å². The zero-order valence-corrected chi connectivity index (χ0v) is 15.4. The number of hydrogen-bond acceptors (Lipinski definition) is 2. The molecule has 1 amide bonds. The third-order valence-electron chi connectivity index (χ3n) is 4.27. The maximum atomic E-state index is 12.9. The summed E-state index contributed by atoms with van der Waals surface area (Å²) in [6.45, 7) is 9.88. The summed E-state index contributed by atoms with van der Waals surface area (Å²) in [5.41, 5.74) is 3.89. The molecule has 0 aliphatic heterocycles. The summed E-state index contributed by atoms with van der Waals surface area (Å²) in [7, 11) is 1.66. The van der Waals surface area contributed by atoms with Gasteiger partial charge < -0.3 is 14.2 Å². The Morgan fingerprint density at radius 1 is 1.08 bits per heavy atom. The van der Waals surface area contributed by atoms with Crippen molar-refractivity contribution >= 4 is 5.91 Å². The Morgan fingerprint density at radius 3 is 2.17 bits per heavy atom. The van der Waals surface area contributed by atoms with Crippen LogP contribution in [0.15, 0.2) is 30.3 Å². The molecule has 0 atom stereocenters. The third-order valence-corrected chi connectivity index (χ3v) is 4.27. The zero-order chi connectivity index (χ0) is 17.7. The van der Waals surface area contributed by atoms with E-state index in [-0.39, 0.29) is 5.91 Å². The molecule has 0 N–H and O–H groups in total. The smallest absolute Gasteiger partial charge is 0.255 e. The van der Waals surface area contributed by atoms with E-state index in [4.69, 9.17) is 4.74 Å². The molecule has 24 heavy (non-hydrogen) atoms. The molecule has 0 bridgehead atoms. The lowest BCUT2D eigenvalue weighted by molar-refractivity contribution is 0.0755. The lowest BCUT2D eigenvalue weighted by Crippen LogP contribution is -2.32. The zero-order valence-electron chi connectivity index (χ0n) is 15.4. The monoisotopic (exact) mass is 328 g/mol. The van der Waals surface area contributed by atoms with Crippen LogP contribution < -0.4 is 4.74 Å². The van der Waals surface area contributed by atoms with Crippen molar-refractivity contribution in [2.24, 2.45) is 0 Å². The van der Waals surface area contributed by atoms with Crippen LogP contribution in [0, 0.1) is 13.8 Å². The van der Waals surface area contributed by atoms with Crippen LogP contribution in [-0.2, 0) is 0 Å². The molecule has 4 heteroatoms. The van der Waals surface area contributed by atoms with E-state index in [1.807, 2.05) is 49.1 Å². The van der Waals surface area contributed by atoms with E-state index in [0.29, 0.717) is 0 Å². The quantitative estimate of drug-likeness (QED) is 0.756. The Hall–Kier alpha value is -2.23. The second kappa shape index (κ2) is 8.04. The minimum absolute atomic E-state index is 0.131. The number of amides is 1. The maximum absolute atomic E-state index is 12.9. The molecular formula is C20H28N2O2. The van der Waals surface area contributed by atoms with Gasteiger partial charge in [-0.25, -0.2) is 0 Å². The van der Waals surface area contributed by atoms with Crippen molar-refractivity contribution in [1.29, 1.82) is 0 Å². The molecule has 2 rings (SSSR count). The molecule has 0 aliphatic carbocycles. The van der Waals surface area contributed by atoms with E-state index in [2.05, 4.69) is 18.4 Å². The van der Waals surface area contributed by atoms with E-state index in [9.17, 15) is 4.79 Å². The number of hydrogen-bond donors (Lipinski definition) is 0. The summed E-state index contributed by atoms with van der Waals surface area (Å²) >= 11 is 0. The summed E-state index contributed by atoms with van der Waals surface area (Å²) in [5, 5.41) is 0. The number of methoxy groups -OCH3 is 1. The molecule has 0 saturated carbocycles. The van der Waals surface area contributed by atoms with Gasteiger partial charge in [-0.1, -0.05) is 13.8 Å². The van der Waals surface area contributed by atoms with Gasteiger partial charge in [0.15, 0.2) is 0 Å². The first-order valence-corrected chi connectivity index (χ1v) is 8.66. The summed E-state index contributed by atoms with van der Waals surface area (Å²) in [5.74, 6) is 0.959. The molecule has 1 aromatic heterocycles. The second-order valence-electron chi connectivity index (χ2n) is 6.11. The lowest BCUT2D eigenvalue weighted by atomic mass is 10.2. The number of nitrogens with zero attached hydrogens (tertiary/aromatic N) is 2. The molecule has 0 saturated heterocycles. The van der Waals surface area contributed by atoms with Gasteiger partial charge in [-0.15, -0.1) is 0 Å². The van der Waals surface area contributed by atoms with E-state index in [1.54, 1.807) is 7.11 Å². The van der Waals surface area contributed by atoms with Gasteiger partial charge in [0.2, 0.25) is 0 Å². The maximum Gasteiger partial charge on any atom is 0.255 e. The highest BCUT2D eigenvalue weighted by Crippen LogP contribution is 2.24. The fourth-order valence-corrected chi connectivity index (χ4v) is 3.13. The number of carbonyl (C=O) groups excluding carboxylic acids is 1. The van der Waals surface area contributed by atoms with Crippen molar-refractivity contribution in [3.63, 3.8) is 0 Å². The highest BCUT2D eigenvalue weighted by molar-refractivity contribution is 5.96. The van der Waals surface area contributed by atoms with Crippen LogP contribution in [0.5, 0.6) is 5.75 Å². The summed E-state index contributed by atoms with van der Waals surface area (Å²) < 4.78 is 7.35. The number of benzene rings is 1. The Bertz CT molecular complexity index is 680. The van der Waals surface area contributed by atoms with E-state index in [0.717, 1.165) is 54.3 Å². The van der Waals surface area contributed by atoms with Crippen LogP contribution in [0.25, 0.3) is 5.69 Å². The minimum Gasteiger partial charge on any atom is -0.497 e. The molecule has 1 aromatic carbocycles. The Balaban J connectivity index is 2.38. The number of carbonyl (C=O) groups is 1. The fourth-order valence-electron chi connectivity index (χ4n) is 3.13. The average Bonchev–Trinajstić information content (AvgIpc) is 2.88. The first-order chi connectivity index (χ1) is 11.5. The normalized spacial score (nSPS) is 10.7. The van der Waals surface area contributed by atoms with Crippen molar-refractivity contribution in [3.8, 4) is 11.4 Å². The topological polar surface area (TPSA) is 34.5 Å². The first-order valence-electron chi connectivity index (χ1n) is 8.66. The number of rotatable bonds is 7. The van der Waals surface area contributed by atoms with Gasteiger partial charge >= 0.3 is 0 Å². The molecule has 0 fully saturated rings. The van der Waals surface area contributed by atoms with Crippen LogP contribution in [0.1, 0.15) is 48.4 Å². The molecular weight excluding hydrogens is 300 g/mol. The molecule has 0 radical (unpaired) electrons. The highest BCUT2D eigenvalue weighted by atomic mass is 16.5. The van der Waals surface area contributed by atoms with Gasteiger partial charge in [0.1, 0.15) is 5.75 Å². The average molecular weight is 328 g/mol. The molecule has 4 nitrogen and oxygen atoms in total. The molecule has 0 unspecified atom stereocenters. The van der Waals surface area contributed by atoms with Crippen LogP contribution >= 0.6 is 0 Å². The largest absolute Gasteiger partial charge is 0.497 e. The van der Waals surface area contributed by atoms with Crippen molar-refractivity contribution < 1.29 is 9.53 Å². The van der Waals surface area contributed by atoms with Crippen molar-refractivity contribution in [2.75, 3.05) is 20.2 Å². The predicted octanol–water partition coefficient (Wildman–Crippen LogP) is 4.36. The van der Waals surface area contributed by atoms with Crippen molar-refractivity contribution in [1.82, 2.24) is 9.47 Å². The van der Waals surface area contributed by atoms with Crippen molar-refractivity contribution in [2.45, 2.75) is 40.5 Å². The Kier molecular flexibility index (Phi) is 6.07. The fraction of sp³-hybridized carbons (Fsp3) is 0.450. The van der Waals surface area contributed by atoms with Crippen molar-refractivity contribution in [3.05, 3.63) is 47.3 Å². The summed E-state index contributed by atoms with van der Waals surface area (Å²) in [6.07, 6.45) is 1.95. The van der Waals surface area contributed by atoms with Gasteiger partial charge in [0, 0.05) is 30.2 Å². The van der Waals surface area contributed by atoms with E-state index in [1.165, 1.54) is 0 Å². The highest BCUT2D eigenvalue weighted by Gasteiger charge is 2.21. The standard InChI is InChI=1S/C20H28N2O2/c1-6-12-21(13-7-2)20(23)19-14-15(3)22(16(19)4)17-8-10-18(24-5)11-9-17/h8-11,14H,6-7,12-13H2,1-5H3. The Labute approximate surface area is 145 Å². The lowest BCUT2D eigenvalue weighted by Gasteiger charge is -2.21. The van der Waals surface area contributed by atoms with Crippen LogP contribution in [0.2, 0.25) is 0 Å². The SMILES string of the molecule is CCCN(CCC)C(=O)c1cc(C)n(-c2ccc(OC)cc2)c1C. The first kappa shape index (κ1) is 18.1. The van der Waals surface area contributed by atoms with Crippen LogP contribution in [-0.4, -0.2) is 35.6 Å². The van der Waals surface area contributed by atoms with Crippen LogP contribution in [0.4, 0.5) is 0 Å². The number of ether oxygens (including phenoxy) is 1. The molecule has 0 aliphatic rings. The second-order valence-corrected chi connectivity index (χ2v) is 6.11. The minimum atomic E-state index is 0.131. The van der Waals surface area contributed by atoms with Gasteiger partial charge in [0.05, 0.1) is 12.7 Å². The third kappa shape index (κ3) is 3.64. The van der Waals surface area contributed by atoms with E-state index < -0.39 is 0 Å². The van der Waals surface area contributed by atoms with Gasteiger partial charge in [-0.2, -0.15) is 0 Å². The molecule has 0 spiro atoms. The van der Waals surface area contributed by atoms with Gasteiger partial charge in [-0.05, 0) is 57.0 Å². The van der Waals surface area contributed by atoms with Gasteiger partial charge in [0.25, 0.3) is 5.91 Å². The molecule has 1 heterocycles. The molecule has 2 aromatic rings. The number of aryl methyl sites for hydroxylation is 1. The summed E-state index contributed by atoms with van der Waals surface area (Å²) in [4.78, 5) is 14.9. The van der Waals surface area contributed by atoms with Crippen LogP contribution in [0.3, 0.4) is 0 Å². The van der Waals surface area contributed by atoms with Gasteiger partial charge in [-0.3, -0.25) is 4.79 Å². The number of aromatic nitrogens is 1. The summed E-state index contributed by atoms with van der Waals surface area (Å²) in [6, 6.07) is 9.92. The Morgan fingerprint density at radius 2 is 1.67 bits per heavy atom. The predicted molar refractivity (Wildman–Crippen MR) is 98.3 cm³/mol. The molecule has 130 valence electrons.